The Balaban J connectivity index is 1.50. The van der Waals surface area contributed by atoms with Crippen molar-refractivity contribution >= 4 is 22.7 Å². The van der Waals surface area contributed by atoms with Gasteiger partial charge in [-0.15, -0.1) is 0 Å². The summed E-state index contributed by atoms with van der Waals surface area (Å²) in [4.78, 5) is 30.5. The van der Waals surface area contributed by atoms with Gasteiger partial charge in [0, 0.05) is 30.1 Å². The van der Waals surface area contributed by atoms with E-state index in [1.807, 2.05) is 37.4 Å². The Kier molecular flexibility index (Phi) is 5.14. The SMILES string of the molecule is Cc1ccc(C(C)NC(=O)C2CCC(=O)N2Cc2c[nH]c3ccccc23)c(C)c1. The molecular formula is C24H27N3O2. The quantitative estimate of drug-likeness (QED) is 0.688. The molecule has 150 valence electrons. The second-order valence-electron chi connectivity index (χ2n) is 8.03. The molecule has 2 unspecified atom stereocenters. The van der Waals surface area contributed by atoms with Crippen LogP contribution in [0, 0.1) is 13.8 Å². The fourth-order valence-electron chi connectivity index (χ4n) is 4.35. The summed E-state index contributed by atoms with van der Waals surface area (Å²) in [5.41, 5.74) is 5.55. The molecule has 2 amide bonds. The number of rotatable bonds is 5. The molecule has 2 atom stereocenters. The van der Waals surface area contributed by atoms with Gasteiger partial charge < -0.3 is 15.2 Å². The summed E-state index contributed by atoms with van der Waals surface area (Å²) >= 11 is 0. The number of para-hydroxylation sites is 1. The summed E-state index contributed by atoms with van der Waals surface area (Å²) < 4.78 is 0. The number of fused-ring (bicyclic) bond motifs is 1. The molecule has 2 N–H and O–H groups in total. The molecule has 5 heteroatoms. The average molecular weight is 389 g/mol. The first-order chi connectivity index (χ1) is 13.9. The van der Waals surface area contributed by atoms with E-state index in [1.165, 1.54) is 5.56 Å². The molecule has 3 aromatic rings. The van der Waals surface area contributed by atoms with E-state index >= 15 is 0 Å². The minimum atomic E-state index is -0.427. The van der Waals surface area contributed by atoms with Crippen molar-refractivity contribution < 1.29 is 9.59 Å². The Labute approximate surface area is 171 Å². The molecule has 2 aromatic carbocycles. The molecular weight excluding hydrogens is 362 g/mol. The fourth-order valence-corrected chi connectivity index (χ4v) is 4.35. The van der Waals surface area contributed by atoms with Crippen LogP contribution in [-0.2, 0) is 16.1 Å². The van der Waals surface area contributed by atoms with Crippen molar-refractivity contribution in [3.8, 4) is 0 Å². The van der Waals surface area contributed by atoms with E-state index in [4.69, 9.17) is 0 Å². The Morgan fingerprint density at radius 2 is 2.03 bits per heavy atom. The van der Waals surface area contributed by atoms with Gasteiger partial charge >= 0.3 is 0 Å². The monoisotopic (exact) mass is 389 g/mol. The van der Waals surface area contributed by atoms with E-state index in [1.54, 1.807) is 4.90 Å². The fraction of sp³-hybridized carbons (Fsp3) is 0.333. The van der Waals surface area contributed by atoms with Gasteiger partial charge in [-0.2, -0.15) is 0 Å². The van der Waals surface area contributed by atoms with Crippen LogP contribution in [0.25, 0.3) is 10.9 Å². The van der Waals surface area contributed by atoms with Crippen molar-refractivity contribution in [1.29, 1.82) is 0 Å². The lowest BCUT2D eigenvalue weighted by Crippen LogP contribution is -2.45. The van der Waals surface area contributed by atoms with Crippen LogP contribution >= 0.6 is 0 Å². The highest BCUT2D eigenvalue weighted by Crippen LogP contribution is 2.26. The zero-order valence-electron chi connectivity index (χ0n) is 17.2. The van der Waals surface area contributed by atoms with Gasteiger partial charge in [-0.3, -0.25) is 9.59 Å². The molecule has 0 spiro atoms. The van der Waals surface area contributed by atoms with Gasteiger partial charge in [0.25, 0.3) is 0 Å². The molecule has 1 aliphatic rings. The molecule has 1 fully saturated rings. The minimum Gasteiger partial charge on any atom is -0.361 e. The zero-order chi connectivity index (χ0) is 20.5. The number of carbonyl (C=O) groups excluding carboxylic acids is 2. The predicted octanol–water partition coefficient (Wildman–Crippen LogP) is 4.15. The number of hydrogen-bond acceptors (Lipinski definition) is 2. The van der Waals surface area contributed by atoms with Gasteiger partial charge in [-0.1, -0.05) is 42.0 Å². The van der Waals surface area contributed by atoms with E-state index < -0.39 is 6.04 Å². The van der Waals surface area contributed by atoms with Gasteiger partial charge in [0.1, 0.15) is 6.04 Å². The standard InChI is InChI=1S/C24H27N3O2/c1-15-8-9-19(16(2)12-15)17(3)26-24(29)22-10-11-23(28)27(22)14-18-13-25-21-7-5-4-6-20(18)21/h4-9,12-13,17,22,25H,10-11,14H2,1-3H3,(H,26,29). The summed E-state index contributed by atoms with van der Waals surface area (Å²) in [5, 5.41) is 4.22. The van der Waals surface area contributed by atoms with E-state index in [0.29, 0.717) is 19.4 Å². The molecule has 1 aromatic heterocycles. The van der Waals surface area contributed by atoms with E-state index in [-0.39, 0.29) is 17.9 Å². The molecule has 1 aliphatic heterocycles. The van der Waals surface area contributed by atoms with Crippen LogP contribution in [0.1, 0.15) is 48.1 Å². The van der Waals surface area contributed by atoms with E-state index in [2.05, 4.69) is 42.3 Å². The van der Waals surface area contributed by atoms with Crippen molar-refractivity contribution in [2.45, 2.75) is 52.2 Å². The number of aromatic nitrogens is 1. The van der Waals surface area contributed by atoms with Crippen LogP contribution < -0.4 is 5.32 Å². The number of hydrogen-bond donors (Lipinski definition) is 2. The largest absolute Gasteiger partial charge is 0.361 e. The Morgan fingerprint density at radius 1 is 1.24 bits per heavy atom. The van der Waals surface area contributed by atoms with E-state index in [0.717, 1.165) is 27.6 Å². The van der Waals surface area contributed by atoms with Gasteiger partial charge in [-0.05, 0) is 49.9 Å². The third kappa shape index (κ3) is 3.77. The maximum absolute atomic E-state index is 13.0. The highest BCUT2D eigenvalue weighted by Gasteiger charge is 2.36. The zero-order valence-corrected chi connectivity index (χ0v) is 17.2. The van der Waals surface area contributed by atoms with Crippen molar-refractivity contribution in [3.63, 3.8) is 0 Å². The number of carbonyl (C=O) groups is 2. The summed E-state index contributed by atoms with van der Waals surface area (Å²) in [6.45, 7) is 6.56. The van der Waals surface area contributed by atoms with E-state index in [9.17, 15) is 9.59 Å². The predicted molar refractivity (Wildman–Crippen MR) is 114 cm³/mol. The Hall–Kier alpha value is -3.08. The van der Waals surface area contributed by atoms with Gasteiger partial charge in [0.05, 0.1) is 6.04 Å². The van der Waals surface area contributed by atoms with Gasteiger partial charge in [0.15, 0.2) is 0 Å². The number of likely N-dealkylation sites (tertiary alicyclic amines) is 1. The van der Waals surface area contributed by atoms with Crippen molar-refractivity contribution in [1.82, 2.24) is 15.2 Å². The molecule has 4 rings (SSSR count). The molecule has 5 nitrogen and oxygen atoms in total. The molecule has 0 bridgehead atoms. The molecule has 0 saturated carbocycles. The summed E-state index contributed by atoms with van der Waals surface area (Å²) in [7, 11) is 0. The molecule has 29 heavy (non-hydrogen) atoms. The molecule has 1 saturated heterocycles. The lowest BCUT2D eigenvalue weighted by molar-refractivity contribution is -0.136. The normalized spacial score (nSPS) is 17.7. The van der Waals surface area contributed by atoms with Crippen LogP contribution in [0.4, 0.5) is 0 Å². The highest BCUT2D eigenvalue weighted by atomic mass is 16.2. The maximum Gasteiger partial charge on any atom is 0.243 e. The first-order valence-corrected chi connectivity index (χ1v) is 10.2. The van der Waals surface area contributed by atoms with Crippen LogP contribution in [0.15, 0.2) is 48.7 Å². The number of aromatic amines is 1. The Morgan fingerprint density at radius 3 is 2.83 bits per heavy atom. The van der Waals surface area contributed by atoms with Gasteiger partial charge in [0.2, 0.25) is 11.8 Å². The van der Waals surface area contributed by atoms with Crippen LogP contribution in [0.5, 0.6) is 0 Å². The van der Waals surface area contributed by atoms with Crippen molar-refractivity contribution in [3.05, 3.63) is 70.9 Å². The molecule has 0 radical (unpaired) electrons. The minimum absolute atomic E-state index is 0.0367. The number of nitrogens with one attached hydrogen (secondary N) is 2. The lowest BCUT2D eigenvalue weighted by atomic mass is 10.00. The van der Waals surface area contributed by atoms with Crippen LogP contribution in [-0.4, -0.2) is 27.7 Å². The third-order valence-electron chi connectivity index (χ3n) is 5.90. The average Bonchev–Trinajstić information content (AvgIpc) is 3.26. The molecule has 0 aliphatic carbocycles. The Bertz CT molecular complexity index is 1070. The smallest absolute Gasteiger partial charge is 0.243 e. The number of H-pyrrole nitrogens is 1. The summed E-state index contributed by atoms with van der Waals surface area (Å²) in [5.74, 6) is -0.0437. The summed E-state index contributed by atoms with van der Waals surface area (Å²) in [6, 6.07) is 13.8. The number of nitrogens with zero attached hydrogens (tertiary/aromatic N) is 1. The first-order valence-electron chi connectivity index (χ1n) is 10.2. The van der Waals surface area contributed by atoms with Crippen molar-refractivity contribution in [2.24, 2.45) is 0 Å². The van der Waals surface area contributed by atoms with Gasteiger partial charge in [-0.25, -0.2) is 0 Å². The number of benzene rings is 2. The number of aryl methyl sites for hydroxylation is 2. The summed E-state index contributed by atoms with van der Waals surface area (Å²) in [6.07, 6.45) is 2.91. The topological polar surface area (TPSA) is 65.2 Å². The third-order valence-corrected chi connectivity index (χ3v) is 5.90. The lowest BCUT2D eigenvalue weighted by Gasteiger charge is -2.26. The maximum atomic E-state index is 13.0. The van der Waals surface area contributed by atoms with Crippen LogP contribution in [0.2, 0.25) is 0 Å². The van der Waals surface area contributed by atoms with Crippen LogP contribution in [0.3, 0.4) is 0 Å². The van der Waals surface area contributed by atoms with Crippen molar-refractivity contribution in [2.75, 3.05) is 0 Å². The number of amides is 2. The highest BCUT2D eigenvalue weighted by molar-refractivity contribution is 5.91. The first kappa shape index (κ1) is 19.2. The second-order valence-corrected chi connectivity index (χ2v) is 8.03. The molecule has 2 heterocycles. The second kappa shape index (κ2) is 7.74.